The van der Waals surface area contributed by atoms with Gasteiger partial charge in [0.1, 0.15) is 21.8 Å². The topological polar surface area (TPSA) is 93.6 Å². The predicted molar refractivity (Wildman–Crippen MR) is 115 cm³/mol. The number of hydrogen-bond donors (Lipinski definition) is 1. The molecule has 0 radical (unpaired) electrons. The summed E-state index contributed by atoms with van der Waals surface area (Å²) in [6.45, 7) is 8.67. The minimum Gasteiger partial charge on any atom is -0.462 e. The standard InChI is InChI=1S/C21H27ClN4O4/c1-5-29-19(27)14-12-23-15-6-7-16(22)25-18(15)17(14)24-13-8-10-26(11-9-13)20(28)30-21(2,3)4/h6-7,12-13H,5,8-11H2,1-4H3,(H,23,24). The van der Waals surface area contributed by atoms with Crippen molar-refractivity contribution in [3.63, 3.8) is 0 Å². The molecule has 0 aliphatic carbocycles. The molecule has 0 saturated carbocycles. The van der Waals surface area contributed by atoms with Crippen LogP contribution in [0, 0.1) is 0 Å². The molecule has 3 heterocycles. The molecular formula is C21H27ClN4O4. The number of hydrogen-bond acceptors (Lipinski definition) is 7. The van der Waals surface area contributed by atoms with Crippen molar-refractivity contribution < 1.29 is 19.1 Å². The number of anilines is 1. The zero-order valence-electron chi connectivity index (χ0n) is 17.7. The Morgan fingerprint density at radius 3 is 2.60 bits per heavy atom. The Kier molecular flexibility index (Phi) is 6.65. The molecule has 1 N–H and O–H groups in total. The van der Waals surface area contributed by atoms with Crippen LogP contribution < -0.4 is 5.32 Å². The van der Waals surface area contributed by atoms with Gasteiger partial charge < -0.3 is 19.7 Å². The minimum absolute atomic E-state index is 0.0447. The van der Waals surface area contributed by atoms with Gasteiger partial charge in [0, 0.05) is 25.3 Å². The predicted octanol–water partition coefficient (Wildman–Crippen LogP) is 4.27. The van der Waals surface area contributed by atoms with Crippen molar-refractivity contribution in [2.75, 3.05) is 25.0 Å². The van der Waals surface area contributed by atoms with Gasteiger partial charge in [0.15, 0.2) is 0 Å². The number of pyridine rings is 2. The lowest BCUT2D eigenvalue weighted by Gasteiger charge is -2.34. The number of halogens is 1. The van der Waals surface area contributed by atoms with Crippen LogP contribution in [0.4, 0.5) is 10.5 Å². The fraction of sp³-hybridized carbons (Fsp3) is 0.524. The molecule has 1 fully saturated rings. The highest BCUT2D eigenvalue weighted by molar-refractivity contribution is 6.29. The Bertz CT molecular complexity index is 936. The molecular weight excluding hydrogens is 408 g/mol. The Morgan fingerprint density at radius 1 is 1.27 bits per heavy atom. The first kappa shape index (κ1) is 22.1. The highest BCUT2D eigenvalue weighted by atomic mass is 35.5. The molecule has 0 atom stereocenters. The highest BCUT2D eigenvalue weighted by Gasteiger charge is 2.28. The van der Waals surface area contributed by atoms with Gasteiger partial charge in [-0.3, -0.25) is 4.98 Å². The van der Waals surface area contributed by atoms with Crippen molar-refractivity contribution in [1.82, 2.24) is 14.9 Å². The van der Waals surface area contributed by atoms with E-state index in [-0.39, 0.29) is 18.7 Å². The molecule has 1 amide bonds. The van der Waals surface area contributed by atoms with E-state index in [0.29, 0.717) is 53.4 Å². The maximum Gasteiger partial charge on any atom is 0.410 e. The molecule has 0 spiro atoms. The first-order chi connectivity index (χ1) is 14.2. The SMILES string of the molecule is CCOC(=O)c1cnc2ccc(Cl)nc2c1NC1CCN(C(=O)OC(C)(C)C)CC1. The van der Waals surface area contributed by atoms with Crippen LogP contribution in [0.1, 0.15) is 50.9 Å². The molecule has 1 saturated heterocycles. The van der Waals surface area contributed by atoms with E-state index >= 15 is 0 Å². The average Bonchev–Trinajstić information content (AvgIpc) is 2.67. The highest BCUT2D eigenvalue weighted by Crippen LogP contribution is 2.29. The lowest BCUT2D eigenvalue weighted by Crippen LogP contribution is -2.44. The molecule has 162 valence electrons. The van der Waals surface area contributed by atoms with Gasteiger partial charge in [0.25, 0.3) is 0 Å². The van der Waals surface area contributed by atoms with E-state index < -0.39 is 11.6 Å². The van der Waals surface area contributed by atoms with E-state index in [9.17, 15) is 9.59 Å². The maximum absolute atomic E-state index is 12.5. The molecule has 8 nitrogen and oxygen atoms in total. The summed E-state index contributed by atoms with van der Waals surface area (Å²) in [6.07, 6.45) is 2.59. The van der Waals surface area contributed by atoms with Crippen molar-refractivity contribution in [1.29, 1.82) is 0 Å². The molecule has 2 aromatic rings. The number of nitrogens with one attached hydrogen (secondary N) is 1. The van der Waals surface area contributed by atoms with E-state index in [2.05, 4.69) is 15.3 Å². The van der Waals surface area contributed by atoms with Gasteiger partial charge >= 0.3 is 12.1 Å². The van der Waals surface area contributed by atoms with Gasteiger partial charge in [0.05, 0.1) is 17.8 Å². The summed E-state index contributed by atoms with van der Waals surface area (Å²) in [5.74, 6) is -0.470. The molecule has 0 aromatic carbocycles. The third-order valence-electron chi connectivity index (χ3n) is 4.67. The quantitative estimate of drug-likeness (QED) is 0.567. The third-order valence-corrected chi connectivity index (χ3v) is 4.88. The number of aromatic nitrogens is 2. The van der Waals surface area contributed by atoms with Crippen molar-refractivity contribution in [3.05, 3.63) is 29.0 Å². The van der Waals surface area contributed by atoms with E-state index in [1.165, 1.54) is 6.20 Å². The van der Waals surface area contributed by atoms with E-state index in [1.807, 2.05) is 20.8 Å². The first-order valence-corrected chi connectivity index (χ1v) is 10.4. The normalized spacial score (nSPS) is 15.2. The summed E-state index contributed by atoms with van der Waals surface area (Å²) in [5.41, 5.74) is 1.48. The van der Waals surface area contributed by atoms with Gasteiger partial charge in [-0.25, -0.2) is 14.6 Å². The number of carbonyl (C=O) groups excluding carboxylic acids is 2. The van der Waals surface area contributed by atoms with Gasteiger partial charge in [0.2, 0.25) is 0 Å². The molecule has 1 aliphatic heterocycles. The number of nitrogens with zero attached hydrogens (tertiary/aromatic N) is 3. The van der Waals surface area contributed by atoms with Crippen LogP contribution in [0.2, 0.25) is 5.15 Å². The fourth-order valence-corrected chi connectivity index (χ4v) is 3.44. The van der Waals surface area contributed by atoms with Crippen molar-refractivity contribution in [2.45, 2.75) is 52.2 Å². The smallest absolute Gasteiger partial charge is 0.410 e. The Morgan fingerprint density at radius 2 is 1.97 bits per heavy atom. The summed E-state index contributed by atoms with van der Waals surface area (Å²) >= 11 is 6.09. The first-order valence-electron chi connectivity index (χ1n) is 10.0. The molecule has 30 heavy (non-hydrogen) atoms. The summed E-state index contributed by atoms with van der Waals surface area (Å²) in [7, 11) is 0. The monoisotopic (exact) mass is 434 g/mol. The minimum atomic E-state index is -0.526. The maximum atomic E-state index is 12.5. The zero-order valence-corrected chi connectivity index (χ0v) is 18.5. The van der Waals surface area contributed by atoms with Crippen molar-refractivity contribution >= 4 is 40.4 Å². The van der Waals surface area contributed by atoms with E-state index in [1.54, 1.807) is 24.0 Å². The number of rotatable bonds is 4. The zero-order chi connectivity index (χ0) is 21.9. The summed E-state index contributed by atoms with van der Waals surface area (Å²) < 4.78 is 10.6. The fourth-order valence-electron chi connectivity index (χ4n) is 3.29. The lowest BCUT2D eigenvalue weighted by atomic mass is 10.0. The molecule has 2 aromatic heterocycles. The second-order valence-corrected chi connectivity index (χ2v) is 8.54. The van der Waals surface area contributed by atoms with E-state index in [0.717, 1.165) is 0 Å². The van der Waals surface area contributed by atoms with Gasteiger partial charge in [-0.1, -0.05) is 11.6 Å². The number of fused-ring (bicyclic) bond motifs is 1. The van der Waals surface area contributed by atoms with Crippen LogP contribution in [-0.2, 0) is 9.47 Å². The number of ether oxygens (including phenoxy) is 2. The van der Waals surface area contributed by atoms with Crippen LogP contribution in [0.25, 0.3) is 11.0 Å². The Hall–Kier alpha value is -2.61. The second-order valence-electron chi connectivity index (χ2n) is 8.16. The van der Waals surface area contributed by atoms with Gasteiger partial charge in [-0.05, 0) is 52.7 Å². The number of amides is 1. The summed E-state index contributed by atoms with van der Waals surface area (Å²) in [5, 5.41) is 3.74. The number of likely N-dealkylation sites (tertiary alicyclic amines) is 1. The Labute approximate surface area is 180 Å². The van der Waals surface area contributed by atoms with Crippen molar-refractivity contribution in [3.8, 4) is 0 Å². The molecule has 3 rings (SSSR count). The van der Waals surface area contributed by atoms with Crippen LogP contribution >= 0.6 is 11.6 Å². The average molecular weight is 435 g/mol. The van der Waals surface area contributed by atoms with Crippen LogP contribution in [-0.4, -0.2) is 58.3 Å². The lowest BCUT2D eigenvalue weighted by molar-refractivity contribution is 0.0210. The molecule has 0 unspecified atom stereocenters. The van der Waals surface area contributed by atoms with Crippen molar-refractivity contribution in [2.24, 2.45) is 0 Å². The van der Waals surface area contributed by atoms with E-state index in [4.69, 9.17) is 21.1 Å². The number of piperidine rings is 1. The van der Waals surface area contributed by atoms with Crippen LogP contribution in [0.5, 0.6) is 0 Å². The van der Waals surface area contributed by atoms with Gasteiger partial charge in [-0.2, -0.15) is 0 Å². The Balaban J connectivity index is 1.80. The molecule has 9 heteroatoms. The number of esters is 1. The van der Waals surface area contributed by atoms with Gasteiger partial charge in [-0.15, -0.1) is 0 Å². The molecule has 1 aliphatic rings. The van der Waals surface area contributed by atoms with Crippen LogP contribution in [0.15, 0.2) is 18.3 Å². The third kappa shape index (κ3) is 5.30. The second kappa shape index (κ2) is 9.04. The van der Waals surface area contributed by atoms with Crippen LogP contribution in [0.3, 0.4) is 0 Å². The summed E-state index contributed by atoms with van der Waals surface area (Å²) in [4.78, 5) is 35.2. The number of carbonyl (C=O) groups is 2. The summed E-state index contributed by atoms with van der Waals surface area (Å²) in [6, 6.07) is 3.46. The molecule has 0 bridgehead atoms. The largest absolute Gasteiger partial charge is 0.462 e.